The molecule has 19 heavy (non-hydrogen) atoms. The number of nitrogens with one attached hydrogen (secondary N) is 1. The van der Waals surface area contributed by atoms with Crippen molar-refractivity contribution in [2.45, 2.75) is 6.54 Å². The molecule has 0 bridgehead atoms. The van der Waals surface area contributed by atoms with Gasteiger partial charge < -0.3 is 5.32 Å². The Hall–Kier alpha value is -1.71. The molecule has 0 spiro atoms. The second-order valence-corrected chi connectivity index (χ2v) is 5.39. The molecule has 96 valence electrons. The van der Waals surface area contributed by atoms with Crippen molar-refractivity contribution in [3.8, 4) is 11.1 Å². The van der Waals surface area contributed by atoms with Crippen LogP contribution in [0.15, 0.2) is 47.8 Å². The van der Waals surface area contributed by atoms with E-state index < -0.39 is 0 Å². The fraction of sp³-hybridized carbons (Fsp3) is 0.125. The Bertz CT molecular complexity index is 718. The molecule has 1 heterocycles. The Morgan fingerprint density at radius 1 is 1.11 bits per heavy atom. The lowest BCUT2D eigenvalue weighted by molar-refractivity contribution is 0.627. The molecule has 0 aliphatic rings. The van der Waals surface area contributed by atoms with E-state index in [4.69, 9.17) is 0 Å². The lowest BCUT2D eigenvalue weighted by Gasteiger charge is -2.10. The van der Waals surface area contributed by atoms with E-state index in [-0.39, 0.29) is 5.82 Å². The SMILES string of the molecule is CNCc1ccc(F)cc1-c1cccc2ccsc12. The zero-order chi connectivity index (χ0) is 13.2. The molecular weight excluding hydrogens is 257 g/mol. The van der Waals surface area contributed by atoms with Crippen molar-refractivity contribution in [3.05, 3.63) is 59.2 Å². The van der Waals surface area contributed by atoms with Crippen LogP contribution in [-0.4, -0.2) is 7.05 Å². The summed E-state index contributed by atoms with van der Waals surface area (Å²) < 4.78 is 14.8. The Labute approximate surface area is 115 Å². The van der Waals surface area contributed by atoms with Crippen LogP contribution in [0.5, 0.6) is 0 Å². The molecule has 1 N–H and O–H groups in total. The van der Waals surface area contributed by atoms with E-state index in [0.717, 1.165) is 23.2 Å². The Morgan fingerprint density at radius 2 is 2.00 bits per heavy atom. The van der Waals surface area contributed by atoms with E-state index in [2.05, 4.69) is 28.9 Å². The average Bonchev–Trinajstić information content (AvgIpc) is 2.89. The fourth-order valence-electron chi connectivity index (χ4n) is 2.35. The van der Waals surface area contributed by atoms with Gasteiger partial charge in [0.25, 0.3) is 0 Å². The minimum atomic E-state index is -0.191. The van der Waals surface area contributed by atoms with E-state index in [1.54, 1.807) is 17.4 Å². The molecule has 0 saturated carbocycles. The molecule has 0 saturated heterocycles. The van der Waals surface area contributed by atoms with E-state index in [0.29, 0.717) is 0 Å². The standard InChI is InChI=1S/C16H14FNS/c1-18-10-12-5-6-13(17)9-15(12)14-4-2-3-11-7-8-19-16(11)14/h2-9,18H,10H2,1H3. The summed E-state index contributed by atoms with van der Waals surface area (Å²) in [6.45, 7) is 0.734. The lowest BCUT2D eigenvalue weighted by atomic mass is 9.98. The zero-order valence-corrected chi connectivity index (χ0v) is 11.4. The van der Waals surface area contributed by atoms with Crippen molar-refractivity contribution in [2.75, 3.05) is 7.05 Å². The second kappa shape index (κ2) is 5.11. The summed E-state index contributed by atoms with van der Waals surface area (Å²) in [5.74, 6) is -0.191. The lowest BCUT2D eigenvalue weighted by Crippen LogP contribution is -2.06. The van der Waals surface area contributed by atoms with E-state index in [9.17, 15) is 4.39 Å². The van der Waals surface area contributed by atoms with Gasteiger partial charge in [-0.1, -0.05) is 24.3 Å². The van der Waals surface area contributed by atoms with Gasteiger partial charge in [0.05, 0.1) is 0 Å². The van der Waals surface area contributed by atoms with Crippen LogP contribution < -0.4 is 5.32 Å². The van der Waals surface area contributed by atoms with Gasteiger partial charge in [-0.3, -0.25) is 0 Å². The van der Waals surface area contributed by atoms with Crippen LogP contribution in [0.1, 0.15) is 5.56 Å². The highest BCUT2D eigenvalue weighted by molar-refractivity contribution is 7.17. The van der Waals surface area contributed by atoms with Crippen LogP contribution in [0.25, 0.3) is 21.2 Å². The van der Waals surface area contributed by atoms with Crippen LogP contribution in [0.4, 0.5) is 4.39 Å². The smallest absolute Gasteiger partial charge is 0.123 e. The molecule has 3 aromatic rings. The molecule has 0 radical (unpaired) electrons. The van der Waals surface area contributed by atoms with Crippen molar-refractivity contribution in [1.82, 2.24) is 5.32 Å². The van der Waals surface area contributed by atoms with Crippen molar-refractivity contribution in [1.29, 1.82) is 0 Å². The molecule has 1 aromatic heterocycles. The van der Waals surface area contributed by atoms with E-state index in [1.807, 2.05) is 19.2 Å². The van der Waals surface area contributed by atoms with Crippen LogP contribution >= 0.6 is 11.3 Å². The Kier molecular flexibility index (Phi) is 3.32. The largest absolute Gasteiger partial charge is 0.316 e. The monoisotopic (exact) mass is 271 g/mol. The maximum atomic E-state index is 13.6. The van der Waals surface area contributed by atoms with E-state index >= 15 is 0 Å². The summed E-state index contributed by atoms with van der Waals surface area (Å²) in [6, 6.07) is 13.3. The summed E-state index contributed by atoms with van der Waals surface area (Å²) in [4.78, 5) is 0. The van der Waals surface area contributed by atoms with Crippen LogP contribution in [0, 0.1) is 5.82 Å². The molecule has 0 amide bonds. The molecule has 0 atom stereocenters. The molecular formula is C16H14FNS. The minimum Gasteiger partial charge on any atom is -0.316 e. The summed E-state index contributed by atoms with van der Waals surface area (Å²) in [7, 11) is 1.90. The maximum absolute atomic E-state index is 13.6. The molecule has 0 unspecified atom stereocenters. The number of rotatable bonds is 3. The van der Waals surface area contributed by atoms with Crippen molar-refractivity contribution < 1.29 is 4.39 Å². The van der Waals surface area contributed by atoms with Gasteiger partial charge in [0, 0.05) is 11.2 Å². The quantitative estimate of drug-likeness (QED) is 0.743. The van der Waals surface area contributed by atoms with Crippen LogP contribution in [0.3, 0.4) is 0 Å². The molecule has 0 fully saturated rings. The number of thiophene rings is 1. The first-order valence-corrected chi connectivity index (χ1v) is 7.07. The number of hydrogen-bond donors (Lipinski definition) is 1. The first kappa shape index (κ1) is 12.3. The van der Waals surface area contributed by atoms with Crippen molar-refractivity contribution in [3.63, 3.8) is 0 Å². The Morgan fingerprint density at radius 3 is 2.84 bits per heavy atom. The average molecular weight is 271 g/mol. The van der Waals surface area contributed by atoms with Crippen LogP contribution in [0.2, 0.25) is 0 Å². The van der Waals surface area contributed by atoms with Gasteiger partial charge in [0.2, 0.25) is 0 Å². The highest BCUT2D eigenvalue weighted by atomic mass is 32.1. The molecule has 3 rings (SSSR count). The fourth-order valence-corrected chi connectivity index (χ4v) is 3.28. The third kappa shape index (κ3) is 2.27. The summed E-state index contributed by atoms with van der Waals surface area (Å²) in [5.41, 5.74) is 3.20. The third-order valence-corrected chi connectivity index (χ3v) is 4.17. The number of benzene rings is 2. The van der Waals surface area contributed by atoms with Gasteiger partial charge in [-0.05, 0) is 52.7 Å². The molecule has 0 aliphatic heterocycles. The highest BCUT2D eigenvalue weighted by Crippen LogP contribution is 2.34. The second-order valence-electron chi connectivity index (χ2n) is 4.48. The summed E-state index contributed by atoms with van der Waals surface area (Å²) in [5, 5.41) is 6.42. The highest BCUT2D eigenvalue weighted by Gasteiger charge is 2.10. The van der Waals surface area contributed by atoms with Gasteiger partial charge >= 0.3 is 0 Å². The predicted molar refractivity (Wildman–Crippen MR) is 80.0 cm³/mol. The third-order valence-electron chi connectivity index (χ3n) is 3.21. The maximum Gasteiger partial charge on any atom is 0.123 e. The van der Waals surface area contributed by atoms with E-state index in [1.165, 1.54) is 16.2 Å². The summed E-state index contributed by atoms with van der Waals surface area (Å²) >= 11 is 1.70. The first-order valence-electron chi connectivity index (χ1n) is 6.19. The Balaban J connectivity index is 2.25. The van der Waals surface area contributed by atoms with Crippen molar-refractivity contribution >= 4 is 21.4 Å². The van der Waals surface area contributed by atoms with Gasteiger partial charge in [0.1, 0.15) is 5.82 Å². The van der Waals surface area contributed by atoms with Gasteiger partial charge in [0.15, 0.2) is 0 Å². The molecule has 0 aliphatic carbocycles. The minimum absolute atomic E-state index is 0.191. The number of halogens is 1. The van der Waals surface area contributed by atoms with Gasteiger partial charge in [-0.25, -0.2) is 4.39 Å². The number of hydrogen-bond acceptors (Lipinski definition) is 2. The van der Waals surface area contributed by atoms with Gasteiger partial charge in [-0.2, -0.15) is 0 Å². The van der Waals surface area contributed by atoms with Crippen molar-refractivity contribution in [2.24, 2.45) is 0 Å². The predicted octanol–water partition coefficient (Wildman–Crippen LogP) is 4.43. The molecule has 2 aromatic carbocycles. The van der Waals surface area contributed by atoms with Crippen LogP contribution in [-0.2, 0) is 6.54 Å². The van der Waals surface area contributed by atoms with Gasteiger partial charge in [-0.15, -0.1) is 11.3 Å². The topological polar surface area (TPSA) is 12.0 Å². The first-order chi connectivity index (χ1) is 9.29. The molecule has 1 nitrogen and oxygen atoms in total. The summed E-state index contributed by atoms with van der Waals surface area (Å²) in [6.07, 6.45) is 0. The zero-order valence-electron chi connectivity index (χ0n) is 10.6. The molecule has 3 heteroatoms. The normalized spacial score (nSPS) is 11.1. The number of fused-ring (bicyclic) bond motifs is 1.